The van der Waals surface area contributed by atoms with Crippen LogP contribution in [0.3, 0.4) is 0 Å². The summed E-state index contributed by atoms with van der Waals surface area (Å²) in [5, 5.41) is 11.7. The van der Waals surface area contributed by atoms with Crippen LogP contribution in [0.2, 0.25) is 5.02 Å². The Kier molecular flexibility index (Phi) is 13.0. The second-order valence-corrected chi connectivity index (χ2v) is 13.5. The lowest BCUT2D eigenvalue weighted by Gasteiger charge is -2.12. The van der Waals surface area contributed by atoms with Gasteiger partial charge >= 0.3 is 5.97 Å². The van der Waals surface area contributed by atoms with Crippen LogP contribution in [-0.4, -0.2) is 42.0 Å². The summed E-state index contributed by atoms with van der Waals surface area (Å²) >= 11 is 8.53. The lowest BCUT2D eigenvalue weighted by molar-refractivity contribution is -0.114. The van der Waals surface area contributed by atoms with Gasteiger partial charge in [0.15, 0.2) is 0 Å². The third-order valence-corrected chi connectivity index (χ3v) is 9.86. The SMILES string of the molecule is CCOC(=O)c1c(NC(=O)CSc2cccc(NC(=O)/C(=C\c3ccccc3Cl)NC(=O)c3ccccc3)c2)sc(C(=O)Nc2ccccc2)c1C. The second-order valence-electron chi connectivity index (χ2n) is 11.0. The predicted octanol–water partition coefficient (Wildman–Crippen LogP) is 8.28. The average Bonchev–Trinajstić information content (AvgIpc) is 3.47. The number of carbonyl (C=O) groups is 5. The van der Waals surface area contributed by atoms with Gasteiger partial charge in [-0.25, -0.2) is 4.79 Å². The van der Waals surface area contributed by atoms with Crippen molar-refractivity contribution in [3.8, 4) is 0 Å². The Bertz CT molecular complexity index is 2140. The third kappa shape index (κ3) is 9.97. The van der Waals surface area contributed by atoms with Gasteiger partial charge in [-0.2, -0.15) is 0 Å². The fourth-order valence-electron chi connectivity index (χ4n) is 4.84. The molecule has 0 aliphatic heterocycles. The summed E-state index contributed by atoms with van der Waals surface area (Å²) in [6, 6.07) is 31.2. The first-order valence-electron chi connectivity index (χ1n) is 16.0. The number of amides is 4. The molecule has 4 aromatic carbocycles. The first kappa shape index (κ1) is 37.6. The molecule has 1 aromatic heterocycles. The van der Waals surface area contributed by atoms with E-state index < -0.39 is 29.6 Å². The number of halogens is 1. The average molecular weight is 753 g/mol. The van der Waals surface area contributed by atoms with Crippen LogP contribution in [0, 0.1) is 6.92 Å². The number of carbonyl (C=O) groups excluding carboxylic acids is 5. The van der Waals surface area contributed by atoms with Gasteiger partial charge in [-0.05, 0) is 79.6 Å². The molecule has 0 radical (unpaired) electrons. The Balaban J connectivity index is 1.28. The summed E-state index contributed by atoms with van der Waals surface area (Å²) < 4.78 is 5.23. The molecule has 0 bridgehead atoms. The lowest BCUT2D eigenvalue weighted by Crippen LogP contribution is -2.30. The van der Waals surface area contributed by atoms with Gasteiger partial charge < -0.3 is 26.0 Å². The number of rotatable bonds is 13. The zero-order chi connectivity index (χ0) is 37.0. The first-order valence-corrected chi connectivity index (χ1v) is 18.1. The number of benzene rings is 4. The van der Waals surface area contributed by atoms with Crippen LogP contribution in [0.25, 0.3) is 6.08 Å². The molecule has 0 aliphatic carbocycles. The molecule has 264 valence electrons. The summed E-state index contributed by atoms with van der Waals surface area (Å²) in [4.78, 5) is 66.6. The highest BCUT2D eigenvalue weighted by Gasteiger charge is 2.27. The largest absolute Gasteiger partial charge is 0.462 e. The van der Waals surface area contributed by atoms with E-state index in [1.807, 2.05) is 6.07 Å². The van der Waals surface area contributed by atoms with Gasteiger partial charge in [0.05, 0.1) is 22.8 Å². The van der Waals surface area contributed by atoms with Crippen molar-refractivity contribution in [1.29, 1.82) is 0 Å². The topological polar surface area (TPSA) is 143 Å². The van der Waals surface area contributed by atoms with E-state index in [9.17, 15) is 24.0 Å². The van der Waals surface area contributed by atoms with E-state index in [4.69, 9.17) is 16.3 Å². The van der Waals surface area contributed by atoms with Gasteiger partial charge in [0.25, 0.3) is 17.7 Å². The highest BCUT2D eigenvalue weighted by Crippen LogP contribution is 2.35. The summed E-state index contributed by atoms with van der Waals surface area (Å²) in [6.45, 7) is 3.42. The maximum absolute atomic E-state index is 13.5. The summed E-state index contributed by atoms with van der Waals surface area (Å²) in [5.41, 5.74) is 2.40. The molecule has 1 heterocycles. The van der Waals surface area contributed by atoms with Crippen LogP contribution in [0.15, 0.2) is 120 Å². The van der Waals surface area contributed by atoms with E-state index in [0.29, 0.717) is 38.0 Å². The van der Waals surface area contributed by atoms with Gasteiger partial charge in [0.2, 0.25) is 5.91 Å². The zero-order valence-electron chi connectivity index (χ0n) is 28.0. The van der Waals surface area contributed by atoms with Crippen LogP contribution >= 0.6 is 34.7 Å². The molecule has 4 amide bonds. The van der Waals surface area contributed by atoms with Crippen molar-refractivity contribution in [2.45, 2.75) is 18.7 Å². The molecule has 10 nitrogen and oxygen atoms in total. The zero-order valence-corrected chi connectivity index (χ0v) is 30.4. The molecular weight excluding hydrogens is 720 g/mol. The fraction of sp³-hybridized carbons (Fsp3) is 0.103. The van der Waals surface area contributed by atoms with E-state index >= 15 is 0 Å². The fourth-order valence-corrected chi connectivity index (χ4v) is 6.89. The standard InChI is InChI=1S/C39H33ClN4O6S2/c1-3-50-39(49)33-24(2)34(37(48)41-27-16-8-5-9-17-27)52-38(33)44-32(45)23-51-29-19-12-18-28(22-29)42-36(47)31(21-26-15-10-11-20-30(26)40)43-35(46)25-13-6-4-7-14-25/h4-22H,3,23H2,1-2H3,(H,41,48)(H,42,47)(H,43,46)(H,44,45)/b31-21+. The van der Waals surface area contributed by atoms with Crippen molar-refractivity contribution < 1.29 is 28.7 Å². The molecule has 0 aliphatic rings. The molecule has 52 heavy (non-hydrogen) atoms. The Labute approximate surface area is 313 Å². The molecule has 4 N–H and O–H groups in total. The minimum atomic E-state index is -0.649. The van der Waals surface area contributed by atoms with E-state index in [-0.39, 0.29) is 33.5 Å². The summed E-state index contributed by atoms with van der Waals surface area (Å²) in [5.74, 6) is -2.60. The van der Waals surface area contributed by atoms with Crippen LogP contribution in [0.4, 0.5) is 16.4 Å². The summed E-state index contributed by atoms with van der Waals surface area (Å²) in [7, 11) is 0. The number of thioether (sulfide) groups is 1. The Morgan fingerprint density at radius 1 is 0.788 bits per heavy atom. The van der Waals surface area contributed by atoms with Crippen LogP contribution in [-0.2, 0) is 14.3 Å². The molecule has 5 rings (SSSR count). The van der Waals surface area contributed by atoms with Crippen molar-refractivity contribution >= 4 is 86.7 Å². The quantitative estimate of drug-likeness (QED) is 0.0539. The van der Waals surface area contributed by atoms with Gasteiger partial charge in [-0.3, -0.25) is 19.2 Å². The normalized spacial score (nSPS) is 10.9. The van der Waals surface area contributed by atoms with E-state index in [2.05, 4.69) is 21.3 Å². The Hall–Kier alpha value is -5.69. The second kappa shape index (κ2) is 18.0. The van der Waals surface area contributed by atoms with E-state index in [1.165, 1.54) is 17.8 Å². The molecule has 0 saturated heterocycles. The number of thiophene rings is 1. The first-order chi connectivity index (χ1) is 25.1. The van der Waals surface area contributed by atoms with Crippen molar-refractivity contribution in [3.05, 3.63) is 147 Å². The van der Waals surface area contributed by atoms with E-state index in [0.717, 1.165) is 11.3 Å². The molecular formula is C39H33ClN4O6S2. The minimum Gasteiger partial charge on any atom is -0.462 e. The van der Waals surface area contributed by atoms with Crippen LogP contribution < -0.4 is 21.3 Å². The number of nitrogens with one attached hydrogen (secondary N) is 4. The number of ether oxygens (including phenoxy) is 1. The smallest absolute Gasteiger partial charge is 0.341 e. The monoisotopic (exact) mass is 752 g/mol. The molecule has 0 spiro atoms. The molecule has 0 fully saturated rings. The Morgan fingerprint density at radius 2 is 1.46 bits per heavy atom. The van der Waals surface area contributed by atoms with E-state index in [1.54, 1.807) is 117 Å². The van der Waals surface area contributed by atoms with Crippen molar-refractivity contribution in [3.63, 3.8) is 0 Å². The summed E-state index contributed by atoms with van der Waals surface area (Å²) in [6.07, 6.45) is 1.50. The van der Waals surface area contributed by atoms with Gasteiger partial charge in [-0.1, -0.05) is 72.3 Å². The van der Waals surface area contributed by atoms with Crippen molar-refractivity contribution in [2.24, 2.45) is 0 Å². The lowest BCUT2D eigenvalue weighted by atomic mass is 10.1. The molecule has 13 heteroatoms. The number of hydrogen-bond acceptors (Lipinski definition) is 8. The number of hydrogen-bond donors (Lipinski definition) is 4. The molecule has 5 aromatic rings. The van der Waals surface area contributed by atoms with Crippen molar-refractivity contribution in [2.75, 3.05) is 28.3 Å². The van der Waals surface area contributed by atoms with Crippen LogP contribution in [0.1, 0.15) is 48.4 Å². The molecule has 0 unspecified atom stereocenters. The van der Waals surface area contributed by atoms with Crippen LogP contribution in [0.5, 0.6) is 0 Å². The number of esters is 1. The highest BCUT2D eigenvalue weighted by molar-refractivity contribution is 8.00. The molecule has 0 saturated carbocycles. The third-order valence-electron chi connectivity index (χ3n) is 7.31. The van der Waals surface area contributed by atoms with Gasteiger partial charge in [0, 0.05) is 26.9 Å². The maximum Gasteiger partial charge on any atom is 0.341 e. The maximum atomic E-state index is 13.5. The predicted molar refractivity (Wildman–Crippen MR) is 207 cm³/mol. The Morgan fingerprint density at radius 3 is 2.17 bits per heavy atom. The number of para-hydroxylation sites is 1. The van der Waals surface area contributed by atoms with Gasteiger partial charge in [0.1, 0.15) is 10.7 Å². The number of anilines is 3. The van der Waals surface area contributed by atoms with Crippen molar-refractivity contribution in [1.82, 2.24) is 5.32 Å². The van der Waals surface area contributed by atoms with Gasteiger partial charge in [-0.15, -0.1) is 23.1 Å². The minimum absolute atomic E-state index is 0.0279. The highest BCUT2D eigenvalue weighted by atomic mass is 35.5. The molecule has 0 atom stereocenters.